The Bertz CT molecular complexity index is 199. The molecule has 0 bridgehead atoms. The first-order chi connectivity index (χ1) is 4.57. The molecule has 0 aromatic carbocycles. The summed E-state index contributed by atoms with van der Waals surface area (Å²) in [5, 5.41) is 0. The van der Waals surface area contributed by atoms with Crippen molar-refractivity contribution in [3.8, 4) is 0 Å². The Morgan fingerprint density at radius 2 is 1.70 bits per heavy atom. The number of aliphatic imine (C=N–C) groups is 2. The van der Waals surface area contributed by atoms with Crippen LogP contribution in [0.5, 0.6) is 0 Å². The molecular formula is C8H12N2. The van der Waals surface area contributed by atoms with Crippen molar-refractivity contribution in [2.45, 2.75) is 13.8 Å². The monoisotopic (exact) mass is 136 g/mol. The van der Waals surface area contributed by atoms with Gasteiger partial charge in [-0.3, -0.25) is 0 Å². The second-order valence-corrected chi connectivity index (χ2v) is 2.04. The molecule has 0 aromatic rings. The topological polar surface area (TPSA) is 24.7 Å². The van der Waals surface area contributed by atoms with Crippen molar-refractivity contribution in [1.82, 2.24) is 0 Å². The van der Waals surface area contributed by atoms with Gasteiger partial charge in [-0.2, -0.15) is 0 Å². The van der Waals surface area contributed by atoms with Crippen molar-refractivity contribution in [1.29, 1.82) is 0 Å². The SMILES string of the molecule is C=NC(C)=NC(=C)C(=C)C. The van der Waals surface area contributed by atoms with Gasteiger partial charge in [0.2, 0.25) is 0 Å². The fourth-order valence-corrected chi connectivity index (χ4v) is 0.326. The Kier molecular flexibility index (Phi) is 3.33. The lowest BCUT2D eigenvalue weighted by Crippen LogP contribution is -1.85. The minimum absolute atomic E-state index is 0.619. The minimum atomic E-state index is 0.619. The van der Waals surface area contributed by atoms with Crippen molar-refractivity contribution in [2.75, 3.05) is 0 Å². The Labute approximate surface area is 61.7 Å². The van der Waals surface area contributed by atoms with Crippen LogP contribution < -0.4 is 0 Å². The highest BCUT2D eigenvalue weighted by Crippen LogP contribution is 2.04. The summed E-state index contributed by atoms with van der Waals surface area (Å²) >= 11 is 0. The van der Waals surface area contributed by atoms with Gasteiger partial charge >= 0.3 is 0 Å². The zero-order valence-electron chi connectivity index (χ0n) is 6.52. The normalized spacial score (nSPS) is 10.8. The number of rotatable bonds is 2. The second kappa shape index (κ2) is 3.77. The van der Waals surface area contributed by atoms with E-state index in [1.54, 1.807) is 6.92 Å². The lowest BCUT2D eigenvalue weighted by atomic mass is 10.3. The molecule has 0 amide bonds. The van der Waals surface area contributed by atoms with Crippen molar-refractivity contribution >= 4 is 12.6 Å². The van der Waals surface area contributed by atoms with Gasteiger partial charge in [-0.15, -0.1) is 0 Å². The summed E-state index contributed by atoms with van der Waals surface area (Å²) in [6.07, 6.45) is 0. The maximum absolute atomic E-state index is 3.99. The van der Waals surface area contributed by atoms with Gasteiger partial charge in [0.25, 0.3) is 0 Å². The summed E-state index contributed by atoms with van der Waals surface area (Å²) in [4.78, 5) is 7.60. The van der Waals surface area contributed by atoms with Crippen LogP contribution in [-0.2, 0) is 0 Å². The highest BCUT2D eigenvalue weighted by Gasteiger charge is 1.89. The molecule has 0 heterocycles. The molecule has 10 heavy (non-hydrogen) atoms. The smallest absolute Gasteiger partial charge is 0.125 e. The van der Waals surface area contributed by atoms with Crippen LogP contribution in [0.15, 0.2) is 34.4 Å². The quantitative estimate of drug-likeness (QED) is 0.316. The average Bonchev–Trinajstić information content (AvgIpc) is 1.87. The van der Waals surface area contributed by atoms with Gasteiger partial charge in [0.05, 0.1) is 5.70 Å². The maximum atomic E-state index is 3.99. The predicted molar refractivity (Wildman–Crippen MR) is 46.6 cm³/mol. The predicted octanol–water partition coefficient (Wildman–Crippen LogP) is 2.20. The Hall–Kier alpha value is -1.18. The Morgan fingerprint density at radius 3 is 2.00 bits per heavy atom. The van der Waals surface area contributed by atoms with Gasteiger partial charge < -0.3 is 0 Å². The first-order valence-electron chi connectivity index (χ1n) is 2.94. The van der Waals surface area contributed by atoms with Crippen LogP contribution in [0.1, 0.15) is 13.8 Å². The highest BCUT2D eigenvalue weighted by molar-refractivity contribution is 5.84. The molecule has 0 aromatic heterocycles. The third kappa shape index (κ3) is 2.97. The van der Waals surface area contributed by atoms with Crippen LogP contribution in [0.2, 0.25) is 0 Å². The van der Waals surface area contributed by atoms with E-state index in [-0.39, 0.29) is 0 Å². The van der Waals surface area contributed by atoms with E-state index in [2.05, 4.69) is 29.9 Å². The largest absolute Gasteiger partial charge is 0.250 e. The fraction of sp³-hybridized carbons (Fsp3) is 0.250. The van der Waals surface area contributed by atoms with Gasteiger partial charge in [-0.25, -0.2) is 9.98 Å². The highest BCUT2D eigenvalue weighted by atomic mass is 14.9. The molecule has 0 aliphatic carbocycles. The molecule has 0 atom stereocenters. The molecule has 54 valence electrons. The van der Waals surface area contributed by atoms with E-state index in [9.17, 15) is 0 Å². The third-order valence-electron chi connectivity index (χ3n) is 1.02. The van der Waals surface area contributed by atoms with Crippen molar-refractivity contribution < 1.29 is 0 Å². The summed E-state index contributed by atoms with van der Waals surface area (Å²) < 4.78 is 0. The van der Waals surface area contributed by atoms with E-state index in [0.717, 1.165) is 5.57 Å². The molecule has 2 heteroatoms. The Balaban J connectivity index is 4.27. The van der Waals surface area contributed by atoms with Crippen LogP contribution in [0.4, 0.5) is 0 Å². The van der Waals surface area contributed by atoms with Crippen LogP contribution in [0, 0.1) is 0 Å². The Morgan fingerprint density at radius 1 is 1.20 bits per heavy atom. The molecule has 2 nitrogen and oxygen atoms in total. The molecule has 0 saturated heterocycles. The molecule has 0 aliphatic rings. The van der Waals surface area contributed by atoms with E-state index in [1.807, 2.05) is 6.92 Å². The zero-order chi connectivity index (χ0) is 8.15. The van der Waals surface area contributed by atoms with Crippen molar-refractivity contribution in [2.24, 2.45) is 9.98 Å². The first-order valence-corrected chi connectivity index (χ1v) is 2.94. The van der Waals surface area contributed by atoms with E-state index in [1.165, 1.54) is 0 Å². The van der Waals surface area contributed by atoms with E-state index in [0.29, 0.717) is 11.5 Å². The number of hydrogen-bond donors (Lipinski definition) is 0. The van der Waals surface area contributed by atoms with Gasteiger partial charge in [-0.1, -0.05) is 13.2 Å². The summed E-state index contributed by atoms with van der Waals surface area (Å²) in [5.74, 6) is 0.619. The van der Waals surface area contributed by atoms with Crippen LogP contribution in [-0.4, -0.2) is 12.6 Å². The molecule has 0 radical (unpaired) electrons. The second-order valence-electron chi connectivity index (χ2n) is 2.04. The summed E-state index contributed by atoms with van der Waals surface area (Å²) in [5.41, 5.74) is 1.51. The van der Waals surface area contributed by atoms with Crippen LogP contribution in [0.3, 0.4) is 0 Å². The van der Waals surface area contributed by atoms with E-state index in [4.69, 9.17) is 0 Å². The summed E-state index contributed by atoms with van der Waals surface area (Å²) in [7, 11) is 0. The van der Waals surface area contributed by atoms with Crippen LogP contribution >= 0.6 is 0 Å². The molecule has 0 fully saturated rings. The van der Waals surface area contributed by atoms with E-state index < -0.39 is 0 Å². The number of allylic oxidation sites excluding steroid dienone is 1. The lowest BCUT2D eigenvalue weighted by Gasteiger charge is -1.95. The maximum Gasteiger partial charge on any atom is 0.125 e. The third-order valence-corrected chi connectivity index (χ3v) is 1.02. The summed E-state index contributed by atoms with van der Waals surface area (Å²) in [6, 6.07) is 0. The summed E-state index contributed by atoms with van der Waals surface area (Å²) in [6.45, 7) is 14.3. The number of hydrogen-bond acceptors (Lipinski definition) is 1. The molecule has 0 spiro atoms. The number of nitrogens with zero attached hydrogens (tertiary/aromatic N) is 2. The molecule has 0 unspecified atom stereocenters. The minimum Gasteiger partial charge on any atom is -0.250 e. The lowest BCUT2D eigenvalue weighted by molar-refractivity contribution is 1.29. The average molecular weight is 136 g/mol. The van der Waals surface area contributed by atoms with Gasteiger partial charge in [0, 0.05) is 0 Å². The fourth-order valence-electron chi connectivity index (χ4n) is 0.326. The number of amidine groups is 1. The molecule has 0 aliphatic heterocycles. The molecule has 0 rings (SSSR count). The van der Waals surface area contributed by atoms with Gasteiger partial charge in [0.15, 0.2) is 0 Å². The molecule has 0 saturated carbocycles. The van der Waals surface area contributed by atoms with Gasteiger partial charge in [0.1, 0.15) is 5.84 Å². The van der Waals surface area contributed by atoms with Crippen molar-refractivity contribution in [3.63, 3.8) is 0 Å². The standard InChI is InChI=1S/C8H12N2/c1-6(2)7(3)10-8(4)9-5/h1,3,5H2,2,4H3. The zero-order valence-corrected chi connectivity index (χ0v) is 6.52. The van der Waals surface area contributed by atoms with E-state index >= 15 is 0 Å². The molecular weight excluding hydrogens is 124 g/mol. The first kappa shape index (κ1) is 8.82. The van der Waals surface area contributed by atoms with Gasteiger partial charge in [-0.05, 0) is 26.1 Å². The van der Waals surface area contributed by atoms with Crippen molar-refractivity contribution in [3.05, 3.63) is 24.4 Å². The molecule has 0 N–H and O–H groups in total. The van der Waals surface area contributed by atoms with Crippen LogP contribution in [0.25, 0.3) is 0 Å².